The molecule has 1 unspecified atom stereocenters. The molecule has 0 saturated carbocycles. The molecule has 10 heavy (non-hydrogen) atoms. The van der Waals surface area contributed by atoms with Gasteiger partial charge in [0.2, 0.25) is 0 Å². The minimum absolute atomic E-state index is 0.578. The van der Waals surface area contributed by atoms with Gasteiger partial charge in [-0.25, -0.2) is 0 Å². The average molecular weight is 136 g/mol. The Morgan fingerprint density at radius 1 is 1.90 bits per heavy atom. The summed E-state index contributed by atoms with van der Waals surface area (Å²) in [5, 5.41) is 6.85. The molecule has 0 aromatic carbocycles. The second-order valence-corrected chi connectivity index (χ2v) is 2.58. The van der Waals surface area contributed by atoms with Crippen molar-refractivity contribution in [1.82, 2.24) is 0 Å². The van der Waals surface area contributed by atoms with Gasteiger partial charge in [0.05, 0.1) is 0 Å². The van der Waals surface area contributed by atoms with E-state index < -0.39 is 0 Å². The predicted octanol–water partition coefficient (Wildman–Crippen LogP) is 1.67. The van der Waals surface area contributed by atoms with Crippen LogP contribution >= 0.6 is 0 Å². The molecule has 0 saturated heterocycles. The summed E-state index contributed by atoms with van der Waals surface area (Å²) in [6, 6.07) is 0. The summed E-state index contributed by atoms with van der Waals surface area (Å²) >= 11 is 0. The molecule has 1 aliphatic rings. The van der Waals surface area contributed by atoms with E-state index in [1.54, 1.807) is 0 Å². The van der Waals surface area contributed by atoms with Crippen molar-refractivity contribution < 1.29 is 0 Å². The maximum atomic E-state index is 6.85. The van der Waals surface area contributed by atoms with Gasteiger partial charge in [0.1, 0.15) is 0 Å². The molecule has 0 spiro atoms. The highest BCUT2D eigenvalue weighted by Gasteiger charge is 2.02. The van der Waals surface area contributed by atoms with Crippen LogP contribution in [0.3, 0.4) is 0 Å². The first-order valence-electron chi connectivity index (χ1n) is 3.53. The van der Waals surface area contributed by atoms with Gasteiger partial charge in [-0.15, -0.1) is 0 Å². The number of rotatable bonds is 2. The van der Waals surface area contributed by atoms with E-state index in [2.05, 4.69) is 18.0 Å². The SMILES string of the molecule is CC1C=CC(CC=N)=NC1. The lowest BCUT2D eigenvalue weighted by Crippen LogP contribution is -2.06. The van der Waals surface area contributed by atoms with Crippen molar-refractivity contribution in [2.24, 2.45) is 10.9 Å². The largest absolute Gasteiger partial charge is 0.313 e. The molecule has 1 aliphatic heterocycles. The third-order valence-corrected chi connectivity index (χ3v) is 1.51. The fraction of sp³-hybridized carbons (Fsp3) is 0.500. The molecule has 0 radical (unpaired) electrons. The number of hydrogen-bond donors (Lipinski definition) is 1. The molecular formula is C8H12N2. The van der Waals surface area contributed by atoms with E-state index in [1.165, 1.54) is 6.21 Å². The molecule has 0 amide bonds. The Labute approximate surface area is 61.2 Å². The normalized spacial score (nSPS) is 24.1. The van der Waals surface area contributed by atoms with Crippen LogP contribution < -0.4 is 0 Å². The Morgan fingerprint density at radius 2 is 2.70 bits per heavy atom. The zero-order chi connectivity index (χ0) is 7.40. The summed E-state index contributed by atoms with van der Waals surface area (Å²) in [4.78, 5) is 4.28. The van der Waals surface area contributed by atoms with Crippen molar-refractivity contribution in [2.45, 2.75) is 13.3 Å². The molecule has 1 N–H and O–H groups in total. The molecule has 0 aromatic rings. The molecule has 0 aromatic heterocycles. The number of nitrogens with zero attached hydrogens (tertiary/aromatic N) is 1. The van der Waals surface area contributed by atoms with Crippen molar-refractivity contribution in [3.05, 3.63) is 12.2 Å². The van der Waals surface area contributed by atoms with Crippen LogP contribution in [0.25, 0.3) is 0 Å². The Hall–Kier alpha value is -0.920. The zero-order valence-corrected chi connectivity index (χ0v) is 6.17. The van der Waals surface area contributed by atoms with Gasteiger partial charge in [0.25, 0.3) is 0 Å². The quantitative estimate of drug-likeness (QED) is 0.561. The van der Waals surface area contributed by atoms with Crippen molar-refractivity contribution in [2.75, 3.05) is 6.54 Å². The van der Waals surface area contributed by atoms with Crippen molar-refractivity contribution in [1.29, 1.82) is 5.41 Å². The molecule has 0 bridgehead atoms. The van der Waals surface area contributed by atoms with Crippen molar-refractivity contribution >= 4 is 11.9 Å². The molecular weight excluding hydrogens is 124 g/mol. The van der Waals surface area contributed by atoms with Crippen molar-refractivity contribution in [3.63, 3.8) is 0 Å². The lowest BCUT2D eigenvalue weighted by molar-refractivity contribution is 0.733. The zero-order valence-electron chi connectivity index (χ0n) is 6.17. The van der Waals surface area contributed by atoms with Gasteiger partial charge in [-0.2, -0.15) is 0 Å². The van der Waals surface area contributed by atoms with Gasteiger partial charge in [-0.05, 0) is 12.0 Å². The van der Waals surface area contributed by atoms with E-state index >= 15 is 0 Å². The molecule has 0 aliphatic carbocycles. The monoisotopic (exact) mass is 136 g/mol. The maximum Gasteiger partial charge on any atom is 0.0452 e. The minimum atomic E-state index is 0.578. The van der Waals surface area contributed by atoms with Crippen LogP contribution in [0.4, 0.5) is 0 Å². The summed E-state index contributed by atoms with van der Waals surface area (Å²) < 4.78 is 0. The van der Waals surface area contributed by atoms with E-state index in [9.17, 15) is 0 Å². The van der Waals surface area contributed by atoms with Gasteiger partial charge in [0.15, 0.2) is 0 Å². The highest BCUT2D eigenvalue weighted by atomic mass is 14.7. The minimum Gasteiger partial charge on any atom is -0.313 e. The van der Waals surface area contributed by atoms with E-state index in [0.717, 1.165) is 12.3 Å². The summed E-state index contributed by atoms with van der Waals surface area (Å²) in [5.74, 6) is 0.578. The fourth-order valence-corrected chi connectivity index (χ4v) is 0.887. The Bertz CT molecular complexity index is 180. The first-order valence-corrected chi connectivity index (χ1v) is 3.53. The van der Waals surface area contributed by atoms with Crippen LogP contribution in [0.15, 0.2) is 17.1 Å². The smallest absolute Gasteiger partial charge is 0.0452 e. The van der Waals surface area contributed by atoms with E-state index in [0.29, 0.717) is 12.3 Å². The highest BCUT2D eigenvalue weighted by molar-refractivity contribution is 6.02. The number of nitrogens with one attached hydrogen (secondary N) is 1. The van der Waals surface area contributed by atoms with E-state index in [1.807, 2.05) is 6.08 Å². The summed E-state index contributed by atoms with van der Waals surface area (Å²) in [6.45, 7) is 3.03. The van der Waals surface area contributed by atoms with Gasteiger partial charge >= 0.3 is 0 Å². The van der Waals surface area contributed by atoms with Crippen LogP contribution in [0.5, 0.6) is 0 Å². The first-order chi connectivity index (χ1) is 4.83. The van der Waals surface area contributed by atoms with Gasteiger partial charge in [-0.3, -0.25) is 4.99 Å². The van der Waals surface area contributed by atoms with E-state index in [4.69, 9.17) is 5.41 Å². The average Bonchev–Trinajstić information content (AvgIpc) is 1.95. The third kappa shape index (κ3) is 1.79. The summed E-state index contributed by atoms with van der Waals surface area (Å²) in [5.41, 5.74) is 1.04. The Morgan fingerprint density at radius 3 is 3.20 bits per heavy atom. The molecule has 2 nitrogen and oxygen atoms in total. The summed E-state index contributed by atoms with van der Waals surface area (Å²) in [7, 11) is 0. The third-order valence-electron chi connectivity index (χ3n) is 1.51. The topological polar surface area (TPSA) is 36.2 Å². The molecule has 54 valence electrons. The van der Waals surface area contributed by atoms with Crippen LogP contribution in [0.1, 0.15) is 13.3 Å². The number of allylic oxidation sites excluding steroid dienone is 1. The molecule has 1 rings (SSSR count). The fourth-order valence-electron chi connectivity index (χ4n) is 0.887. The molecule has 1 heterocycles. The molecule has 0 fully saturated rings. The second-order valence-electron chi connectivity index (χ2n) is 2.58. The number of hydrogen-bond acceptors (Lipinski definition) is 2. The van der Waals surface area contributed by atoms with Crippen LogP contribution in [-0.4, -0.2) is 18.5 Å². The lowest BCUT2D eigenvalue weighted by Gasteiger charge is -2.08. The molecule has 1 atom stereocenters. The van der Waals surface area contributed by atoms with Gasteiger partial charge in [0, 0.05) is 24.9 Å². The van der Waals surface area contributed by atoms with Crippen LogP contribution in [0, 0.1) is 11.3 Å². The highest BCUT2D eigenvalue weighted by Crippen LogP contribution is 2.05. The lowest BCUT2D eigenvalue weighted by atomic mass is 10.1. The maximum absolute atomic E-state index is 6.85. The van der Waals surface area contributed by atoms with Crippen LogP contribution in [-0.2, 0) is 0 Å². The number of dihydropyridines is 1. The number of aliphatic imine (C=N–C) groups is 1. The Balaban J connectivity index is 2.49. The van der Waals surface area contributed by atoms with Gasteiger partial charge < -0.3 is 5.41 Å². The Kier molecular flexibility index (Phi) is 2.37. The van der Waals surface area contributed by atoms with Gasteiger partial charge in [-0.1, -0.05) is 13.0 Å². The van der Waals surface area contributed by atoms with Crippen LogP contribution in [0.2, 0.25) is 0 Å². The van der Waals surface area contributed by atoms with Crippen molar-refractivity contribution in [3.8, 4) is 0 Å². The predicted molar refractivity (Wildman–Crippen MR) is 44.0 cm³/mol. The van der Waals surface area contributed by atoms with E-state index in [-0.39, 0.29) is 0 Å². The standard InChI is InChI=1S/C8H12N2/c1-7-2-3-8(4-5-9)10-6-7/h2-3,5,7,9H,4,6H2,1H3. The summed E-state index contributed by atoms with van der Waals surface area (Å²) in [6.07, 6.45) is 6.23. The first kappa shape index (κ1) is 7.19. The molecule has 2 heteroatoms. The second kappa shape index (κ2) is 3.30.